The molecule has 2 rings (SSSR count). The summed E-state index contributed by atoms with van der Waals surface area (Å²) in [6.45, 7) is 4.59. The topological polar surface area (TPSA) is 74.1 Å². The fourth-order valence-corrected chi connectivity index (χ4v) is 3.48. The molecular weight excluding hydrogens is 262 g/mol. The van der Waals surface area contributed by atoms with Crippen LogP contribution in [0.5, 0.6) is 0 Å². The first kappa shape index (κ1) is 13.8. The van der Waals surface area contributed by atoms with Crippen molar-refractivity contribution in [3.63, 3.8) is 0 Å². The lowest BCUT2D eigenvalue weighted by Gasteiger charge is -2.23. The van der Waals surface area contributed by atoms with Gasteiger partial charge in [-0.3, -0.25) is 0 Å². The second-order valence-corrected chi connectivity index (χ2v) is 8.05. The van der Waals surface area contributed by atoms with Gasteiger partial charge in [-0.2, -0.15) is 5.26 Å². The molecular formula is C13H17N3O2S. The van der Waals surface area contributed by atoms with E-state index in [1.165, 1.54) is 0 Å². The van der Waals surface area contributed by atoms with Crippen molar-refractivity contribution in [1.29, 1.82) is 5.26 Å². The second kappa shape index (κ2) is 4.82. The van der Waals surface area contributed by atoms with Gasteiger partial charge < -0.3 is 4.90 Å². The number of hydrogen-bond acceptors (Lipinski definition) is 5. The average Bonchev–Trinajstić information content (AvgIpc) is 2.48. The van der Waals surface area contributed by atoms with E-state index in [0.29, 0.717) is 31.0 Å². The Bertz CT molecular complexity index is 617. The van der Waals surface area contributed by atoms with Gasteiger partial charge in [-0.1, -0.05) is 6.07 Å². The maximum absolute atomic E-state index is 12.1. The van der Waals surface area contributed by atoms with Crippen molar-refractivity contribution in [2.45, 2.75) is 25.0 Å². The Morgan fingerprint density at radius 1 is 1.37 bits per heavy atom. The number of nitriles is 1. The predicted molar refractivity (Wildman–Crippen MR) is 73.6 cm³/mol. The minimum atomic E-state index is -3.09. The third-order valence-electron chi connectivity index (χ3n) is 3.63. The Morgan fingerprint density at radius 3 is 2.79 bits per heavy atom. The van der Waals surface area contributed by atoms with Crippen molar-refractivity contribution in [3.8, 4) is 6.07 Å². The van der Waals surface area contributed by atoms with Gasteiger partial charge in [-0.25, -0.2) is 13.4 Å². The highest BCUT2D eigenvalue weighted by Crippen LogP contribution is 2.26. The molecule has 2 heterocycles. The summed E-state index contributed by atoms with van der Waals surface area (Å²) in [5.41, 5.74) is 0.351. The van der Waals surface area contributed by atoms with Gasteiger partial charge in [-0.05, 0) is 32.4 Å². The highest BCUT2D eigenvalue weighted by molar-refractivity contribution is 7.92. The molecule has 0 N–H and O–H groups in total. The van der Waals surface area contributed by atoms with E-state index in [1.54, 1.807) is 26.0 Å². The largest absolute Gasteiger partial charge is 0.356 e. The molecule has 1 saturated heterocycles. The van der Waals surface area contributed by atoms with Gasteiger partial charge in [0.1, 0.15) is 17.6 Å². The molecule has 0 bridgehead atoms. The summed E-state index contributed by atoms with van der Waals surface area (Å²) in [7, 11) is -3.09. The highest BCUT2D eigenvalue weighted by Gasteiger charge is 2.37. The molecule has 1 aromatic rings. The molecule has 0 aromatic carbocycles. The highest BCUT2D eigenvalue weighted by atomic mass is 32.2. The third-order valence-corrected chi connectivity index (χ3v) is 6.24. The van der Waals surface area contributed by atoms with E-state index >= 15 is 0 Å². The first-order valence-corrected chi connectivity index (χ1v) is 7.85. The summed E-state index contributed by atoms with van der Waals surface area (Å²) in [6, 6.07) is 7.22. The molecule has 6 heteroatoms. The standard InChI is InChI=1S/C13H17N3O2S/c1-13(2)6-7-16(8-9-19(13,17)18)12-5-3-4-11(10-14)15-12/h3-5H,6-9H2,1-2H3. The predicted octanol–water partition coefficient (Wildman–Crippen LogP) is 1.36. The fraction of sp³-hybridized carbons (Fsp3) is 0.538. The molecule has 0 saturated carbocycles. The number of aromatic nitrogens is 1. The van der Waals surface area contributed by atoms with E-state index in [4.69, 9.17) is 5.26 Å². The van der Waals surface area contributed by atoms with Crippen LogP contribution in [0, 0.1) is 11.3 Å². The normalized spacial score (nSPS) is 21.4. The molecule has 1 fully saturated rings. The van der Waals surface area contributed by atoms with E-state index in [0.717, 1.165) is 0 Å². The zero-order valence-electron chi connectivity index (χ0n) is 11.1. The summed E-state index contributed by atoms with van der Waals surface area (Å²) in [5.74, 6) is 0.797. The Morgan fingerprint density at radius 2 is 2.11 bits per heavy atom. The Hall–Kier alpha value is -1.61. The summed E-state index contributed by atoms with van der Waals surface area (Å²) in [5, 5.41) is 8.86. The number of nitrogens with zero attached hydrogens (tertiary/aromatic N) is 3. The molecule has 1 aliphatic rings. The average molecular weight is 279 g/mol. The van der Waals surface area contributed by atoms with Gasteiger partial charge in [0, 0.05) is 13.1 Å². The van der Waals surface area contributed by atoms with Crippen LogP contribution in [0.25, 0.3) is 0 Å². The molecule has 19 heavy (non-hydrogen) atoms. The molecule has 0 unspecified atom stereocenters. The van der Waals surface area contributed by atoms with Crippen molar-refractivity contribution in [1.82, 2.24) is 4.98 Å². The Labute approximate surface area is 113 Å². The lowest BCUT2D eigenvalue weighted by Crippen LogP contribution is -2.33. The molecule has 0 aliphatic carbocycles. The molecule has 0 atom stereocenters. The van der Waals surface area contributed by atoms with Gasteiger partial charge in [-0.15, -0.1) is 0 Å². The maximum atomic E-state index is 12.1. The SMILES string of the molecule is CC1(C)CCN(c2cccc(C#N)n2)CCS1(=O)=O. The van der Waals surface area contributed by atoms with Gasteiger partial charge >= 0.3 is 0 Å². The zero-order valence-corrected chi connectivity index (χ0v) is 11.9. The molecule has 0 radical (unpaired) electrons. The summed E-state index contributed by atoms with van der Waals surface area (Å²) in [6.07, 6.45) is 0.563. The van der Waals surface area contributed by atoms with Crippen LogP contribution in [0.4, 0.5) is 5.82 Å². The second-order valence-electron chi connectivity index (χ2n) is 5.31. The maximum Gasteiger partial charge on any atom is 0.157 e. The van der Waals surface area contributed by atoms with Crippen molar-refractivity contribution in [2.75, 3.05) is 23.7 Å². The van der Waals surface area contributed by atoms with Gasteiger partial charge in [0.2, 0.25) is 0 Å². The van der Waals surface area contributed by atoms with E-state index < -0.39 is 14.6 Å². The molecule has 102 valence electrons. The lowest BCUT2D eigenvalue weighted by atomic mass is 10.1. The van der Waals surface area contributed by atoms with Crippen LogP contribution in [-0.4, -0.2) is 37.0 Å². The third kappa shape index (κ3) is 2.71. The number of anilines is 1. The first-order chi connectivity index (χ1) is 8.86. The summed E-state index contributed by atoms with van der Waals surface area (Å²) >= 11 is 0. The number of pyridine rings is 1. The van der Waals surface area contributed by atoms with Crippen LogP contribution >= 0.6 is 0 Å². The smallest absolute Gasteiger partial charge is 0.157 e. The number of sulfone groups is 1. The van der Waals surface area contributed by atoms with Crippen LogP contribution < -0.4 is 4.90 Å². The van der Waals surface area contributed by atoms with Gasteiger partial charge in [0.25, 0.3) is 0 Å². The van der Waals surface area contributed by atoms with Crippen LogP contribution in [0.1, 0.15) is 26.0 Å². The fourth-order valence-electron chi connectivity index (χ4n) is 2.07. The van der Waals surface area contributed by atoms with E-state index in [9.17, 15) is 8.42 Å². The zero-order chi connectivity index (χ0) is 14.1. The van der Waals surface area contributed by atoms with Crippen molar-refractivity contribution in [2.24, 2.45) is 0 Å². The Balaban J connectivity index is 2.27. The van der Waals surface area contributed by atoms with Crippen LogP contribution in [0.15, 0.2) is 18.2 Å². The van der Waals surface area contributed by atoms with Gasteiger partial charge in [0.05, 0.1) is 10.5 Å². The molecule has 5 nitrogen and oxygen atoms in total. The minimum absolute atomic E-state index is 0.123. The van der Waals surface area contributed by atoms with E-state index in [-0.39, 0.29) is 5.75 Å². The minimum Gasteiger partial charge on any atom is -0.356 e. The van der Waals surface area contributed by atoms with E-state index in [1.807, 2.05) is 17.0 Å². The number of hydrogen-bond donors (Lipinski definition) is 0. The van der Waals surface area contributed by atoms with Gasteiger partial charge in [0.15, 0.2) is 9.84 Å². The van der Waals surface area contributed by atoms with Crippen molar-refractivity contribution >= 4 is 15.7 Å². The van der Waals surface area contributed by atoms with Crippen LogP contribution in [0.2, 0.25) is 0 Å². The van der Waals surface area contributed by atoms with Crippen LogP contribution in [-0.2, 0) is 9.84 Å². The monoisotopic (exact) mass is 279 g/mol. The Kier molecular flexibility index (Phi) is 3.50. The molecule has 0 spiro atoms. The van der Waals surface area contributed by atoms with Crippen LogP contribution in [0.3, 0.4) is 0 Å². The quantitative estimate of drug-likeness (QED) is 0.776. The molecule has 1 aromatic heterocycles. The lowest BCUT2D eigenvalue weighted by molar-refractivity contribution is 0.538. The molecule has 0 amide bonds. The summed E-state index contributed by atoms with van der Waals surface area (Å²) in [4.78, 5) is 6.16. The van der Waals surface area contributed by atoms with E-state index in [2.05, 4.69) is 4.98 Å². The number of rotatable bonds is 1. The van der Waals surface area contributed by atoms with Crippen molar-refractivity contribution < 1.29 is 8.42 Å². The summed E-state index contributed by atoms with van der Waals surface area (Å²) < 4.78 is 23.5. The molecule has 1 aliphatic heterocycles. The van der Waals surface area contributed by atoms with Crippen molar-refractivity contribution in [3.05, 3.63) is 23.9 Å². The first-order valence-electron chi connectivity index (χ1n) is 6.20.